The molecule has 98 valence electrons. The van der Waals surface area contributed by atoms with Gasteiger partial charge in [-0.1, -0.05) is 0 Å². The highest BCUT2D eigenvalue weighted by Gasteiger charge is 2.42. The van der Waals surface area contributed by atoms with E-state index in [2.05, 4.69) is 15.3 Å². The van der Waals surface area contributed by atoms with Crippen molar-refractivity contribution in [1.29, 1.82) is 0 Å². The number of ether oxygens (including phenoxy) is 2. The van der Waals surface area contributed by atoms with Gasteiger partial charge in [-0.05, 0) is 25.2 Å². The molecule has 2 aliphatic rings. The Balaban J connectivity index is 1.43. The monoisotopic (exact) mass is 249 g/mol. The van der Waals surface area contributed by atoms with Crippen LogP contribution in [0.25, 0.3) is 0 Å². The minimum atomic E-state index is 0.134. The van der Waals surface area contributed by atoms with Crippen LogP contribution in [0.3, 0.4) is 0 Å². The summed E-state index contributed by atoms with van der Waals surface area (Å²) in [5, 5.41) is 3.30. The van der Waals surface area contributed by atoms with E-state index in [9.17, 15) is 0 Å². The molecule has 18 heavy (non-hydrogen) atoms. The van der Waals surface area contributed by atoms with Crippen LogP contribution in [0, 0.1) is 5.92 Å². The summed E-state index contributed by atoms with van der Waals surface area (Å²) in [5.74, 6) is 1.32. The van der Waals surface area contributed by atoms with E-state index < -0.39 is 0 Å². The maximum atomic E-state index is 5.87. The molecular formula is C13H19N3O2. The van der Waals surface area contributed by atoms with Crippen molar-refractivity contribution in [2.75, 3.05) is 26.3 Å². The lowest BCUT2D eigenvalue weighted by molar-refractivity contribution is -0.128. The average molecular weight is 249 g/mol. The van der Waals surface area contributed by atoms with Crippen LogP contribution < -0.4 is 10.1 Å². The molecule has 0 aromatic carbocycles. The molecule has 1 spiro atoms. The summed E-state index contributed by atoms with van der Waals surface area (Å²) in [7, 11) is 0. The van der Waals surface area contributed by atoms with Crippen LogP contribution in [0.1, 0.15) is 19.3 Å². The highest BCUT2D eigenvalue weighted by Crippen LogP contribution is 2.33. The first kappa shape index (κ1) is 11.9. The van der Waals surface area contributed by atoms with Crippen molar-refractivity contribution >= 4 is 0 Å². The standard InChI is InChI=1S/C13H19N3O2/c1(5-17-12-8-14-3-4-16-12)11-2-6-18-13(7-11)9-15-10-13/h3-4,8,11,15H,1-2,5-7,9-10H2. The summed E-state index contributed by atoms with van der Waals surface area (Å²) < 4.78 is 11.5. The van der Waals surface area contributed by atoms with Gasteiger partial charge in [0.05, 0.1) is 18.4 Å². The third-order valence-electron chi connectivity index (χ3n) is 3.80. The maximum Gasteiger partial charge on any atom is 0.232 e. The Kier molecular flexibility index (Phi) is 3.43. The molecule has 0 saturated carbocycles. The molecule has 2 aliphatic heterocycles. The summed E-state index contributed by atoms with van der Waals surface area (Å²) in [6.07, 6.45) is 8.33. The van der Waals surface area contributed by atoms with Crippen molar-refractivity contribution in [2.24, 2.45) is 5.92 Å². The summed E-state index contributed by atoms with van der Waals surface area (Å²) in [6, 6.07) is 0. The molecule has 5 heteroatoms. The van der Waals surface area contributed by atoms with E-state index in [0.29, 0.717) is 18.4 Å². The second-order valence-electron chi connectivity index (χ2n) is 5.17. The lowest BCUT2D eigenvalue weighted by Gasteiger charge is -2.47. The van der Waals surface area contributed by atoms with Crippen molar-refractivity contribution in [2.45, 2.75) is 24.9 Å². The summed E-state index contributed by atoms with van der Waals surface area (Å²) in [4.78, 5) is 8.08. The maximum absolute atomic E-state index is 5.87. The summed E-state index contributed by atoms with van der Waals surface area (Å²) >= 11 is 0. The molecule has 2 fully saturated rings. The predicted octanol–water partition coefficient (Wildman–Crippen LogP) is 1.01. The van der Waals surface area contributed by atoms with Gasteiger partial charge >= 0.3 is 0 Å². The van der Waals surface area contributed by atoms with Gasteiger partial charge in [-0.2, -0.15) is 0 Å². The number of nitrogens with one attached hydrogen (secondary N) is 1. The molecular weight excluding hydrogens is 230 g/mol. The minimum absolute atomic E-state index is 0.134. The number of nitrogens with zero attached hydrogens (tertiary/aromatic N) is 2. The van der Waals surface area contributed by atoms with Crippen molar-refractivity contribution < 1.29 is 9.47 Å². The van der Waals surface area contributed by atoms with E-state index in [4.69, 9.17) is 9.47 Å². The first-order valence-electron chi connectivity index (χ1n) is 6.60. The number of hydrogen-bond donors (Lipinski definition) is 1. The smallest absolute Gasteiger partial charge is 0.232 e. The van der Waals surface area contributed by atoms with Crippen LogP contribution in [0.15, 0.2) is 18.6 Å². The highest BCUT2D eigenvalue weighted by molar-refractivity contribution is 5.01. The fraction of sp³-hybridized carbons (Fsp3) is 0.692. The Bertz CT molecular complexity index is 381. The van der Waals surface area contributed by atoms with Crippen molar-refractivity contribution in [3.8, 4) is 5.88 Å². The molecule has 1 N–H and O–H groups in total. The molecule has 5 nitrogen and oxygen atoms in total. The summed E-state index contributed by atoms with van der Waals surface area (Å²) in [6.45, 7) is 3.62. The van der Waals surface area contributed by atoms with Gasteiger partial charge in [0.15, 0.2) is 0 Å². The normalized spacial score (nSPS) is 25.7. The molecule has 3 rings (SSSR count). The van der Waals surface area contributed by atoms with Gasteiger partial charge in [0.2, 0.25) is 5.88 Å². The second-order valence-corrected chi connectivity index (χ2v) is 5.17. The predicted molar refractivity (Wildman–Crippen MR) is 66.4 cm³/mol. The lowest BCUT2D eigenvalue weighted by atomic mass is 9.80. The molecule has 0 aliphatic carbocycles. The van der Waals surface area contributed by atoms with Crippen molar-refractivity contribution in [3.05, 3.63) is 18.6 Å². The topological polar surface area (TPSA) is 56.3 Å². The van der Waals surface area contributed by atoms with Gasteiger partial charge in [0.25, 0.3) is 0 Å². The molecule has 3 heterocycles. The van der Waals surface area contributed by atoms with Gasteiger partial charge in [-0.3, -0.25) is 4.98 Å². The van der Waals surface area contributed by atoms with Crippen molar-refractivity contribution in [1.82, 2.24) is 15.3 Å². The Hall–Kier alpha value is -1.20. The number of hydrogen-bond acceptors (Lipinski definition) is 5. The lowest BCUT2D eigenvalue weighted by Crippen LogP contribution is -2.63. The van der Waals surface area contributed by atoms with Gasteiger partial charge in [0.1, 0.15) is 0 Å². The van der Waals surface area contributed by atoms with Gasteiger partial charge in [-0.25, -0.2) is 4.98 Å². The fourth-order valence-electron chi connectivity index (χ4n) is 2.72. The van der Waals surface area contributed by atoms with E-state index in [-0.39, 0.29) is 5.60 Å². The molecule has 1 aromatic heterocycles. The Labute approximate surface area is 107 Å². The highest BCUT2D eigenvalue weighted by atomic mass is 16.5. The van der Waals surface area contributed by atoms with E-state index in [0.717, 1.165) is 39.0 Å². The third-order valence-corrected chi connectivity index (χ3v) is 3.80. The van der Waals surface area contributed by atoms with Crippen molar-refractivity contribution in [3.63, 3.8) is 0 Å². The van der Waals surface area contributed by atoms with E-state index in [1.54, 1.807) is 18.6 Å². The SMILES string of the molecule is c1cnc(OCCC2CCOC3(CNC3)C2)cn1. The van der Waals surface area contributed by atoms with Crippen LogP contribution in [0.2, 0.25) is 0 Å². The molecule has 0 amide bonds. The molecule has 0 radical (unpaired) electrons. The zero-order valence-corrected chi connectivity index (χ0v) is 10.5. The average Bonchev–Trinajstić information content (AvgIpc) is 2.39. The van der Waals surface area contributed by atoms with E-state index >= 15 is 0 Å². The number of rotatable bonds is 4. The van der Waals surface area contributed by atoms with Gasteiger partial charge in [-0.15, -0.1) is 0 Å². The first-order valence-corrected chi connectivity index (χ1v) is 6.60. The Morgan fingerprint density at radius 3 is 3.11 bits per heavy atom. The fourth-order valence-corrected chi connectivity index (χ4v) is 2.72. The minimum Gasteiger partial charge on any atom is -0.477 e. The van der Waals surface area contributed by atoms with Crippen LogP contribution in [-0.4, -0.2) is 41.9 Å². The first-order chi connectivity index (χ1) is 8.86. The zero-order chi connectivity index (χ0) is 12.3. The molecule has 1 atom stereocenters. The van der Waals surface area contributed by atoms with Gasteiger partial charge in [0, 0.05) is 32.1 Å². The van der Waals surface area contributed by atoms with Crippen LogP contribution in [-0.2, 0) is 4.74 Å². The molecule has 2 saturated heterocycles. The van der Waals surface area contributed by atoms with Gasteiger partial charge < -0.3 is 14.8 Å². The van der Waals surface area contributed by atoms with Crippen LogP contribution >= 0.6 is 0 Å². The quantitative estimate of drug-likeness (QED) is 0.863. The van der Waals surface area contributed by atoms with Crippen LogP contribution in [0.5, 0.6) is 5.88 Å². The number of aromatic nitrogens is 2. The third kappa shape index (κ3) is 2.62. The largest absolute Gasteiger partial charge is 0.477 e. The van der Waals surface area contributed by atoms with E-state index in [1.807, 2.05) is 0 Å². The summed E-state index contributed by atoms with van der Waals surface area (Å²) in [5.41, 5.74) is 0.134. The molecule has 0 bridgehead atoms. The molecule has 1 unspecified atom stereocenters. The zero-order valence-electron chi connectivity index (χ0n) is 10.5. The van der Waals surface area contributed by atoms with E-state index in [1.165, 1.54) is 0 Å². The Morgan fingerprint density at radius 2 is 2.39 bits per heavy atom. The second kappa shape index (κ2) is 5.20. The molecule has 1 aromatic rings. The van der Waals surface area contributed by atoms with Crippen LogP contribution in [0.4, 0.5) is 0 Å². The Morgan fingerprint density at radius 1 is 1.44 bits per heavy atom.